The Morgan fingerprint density at radius 2 is 2.25 bits per heavy atom. The van der Waals surface area contributed by atoms with E-state index < -0.39 is 0 Å². The van der Waals surface area contributed by atoms with E-state index in [2.05, 4.69) is 24.2 Å². The molecule has 88 valence electrons. The number of rotatable bonds is 2. The van der Waals surface area contributed by atoms with Gasteiger partial charge in [-0.15, -0.1) is 0 Å². The van der Waals surface area contributed by atoms with E-state index in [-0.39, 0.29) is 5.82 Å². The molecule has 2 rings (SSSR count). The second-order valence-electron chi connectivity index (χ2n) is 4.79. The van der Waals surface area contributed by atoms with Crippen LogP contribution in [0.25, 0.3) is 0 Å². The molecule has 2 nitrogen and oxygen atoms in total. The maximum atomic E-state index is 13.0. The van der Waals surface area contributed by atoms with Gasteiger partial charge in [-0.1, -0.05) is 13.0 Å². The first-order valence-corrected chi connectivity index (χ1v) is 5.86. The average Bonchev–Trinajstić information content (AvgIpc) is 2.22. The van der Waals surface area contributed by atoms with E-state index in [1.165, 1.54) is 6.07 Å². The predicted molar refractivity (Wildman–Crippen MR) is 65.1 cm³/mol. The van der Waals surface area contributed by atoms with Crippen LogP contribution in [-0.4, -0.2) is 31.1 Å². The van der Waals surface area contributed by atoms with Crippen molar-refractivity contribution in [2.45, 2.75) is 19.4 Å². The van der Waals surface area contributed by atoms with Crippen molar-refractivity contribution in [3.8, 4) is 0 Å². The Balaban J connectivity index is 1.99. The highest BCUT2D eigenvalue weighted by Crippen LogP contribution is 2.20. The van der Waals surface area contributed by atoms with Crippen molar-refractivity contribution in [3.05, 3.63) is 30.1 Å². The van der Waals surface area contributed by atoms with Crippen LogP contribution in [0.2, 0.25) is 0 Å². The summed E-state index contributed by atoms with van der Waals surface area (Å²) in [5.74, 6) is 0.424. The molecule has 1 aliphatic heterocycles. The second-order valence-corrected chi connectivity index (χ2v) is 4.79. The normalized spacial score (nSPS) is 26.7. The molecule has 1 N–H and O–H groups in total. The highest BCUT2D eigenvalue weighted by Gasteiger charge is 2.23. The third-order valence-corrected chi connectivity index (χ3v) is 3.29. The van der Waals surface area contributed by atoms with Crippen LogP contribution >= 0.6 is 0 Å². The summed E-state index contributed by atoms with van der Waals surface area (Å²) in [6.07, 6.45) is 1.12. The summed E-state index contributed by atoms with van der Waals surface area (Å²) in [6.45, 7) is 4.46. The molecule has 3 heteroatoms. The predicted octanol–water partition coefficient (Wildman–Crippen LogP) is 2.58. The van der Waals surface area contributed by atoms with Crippen LogP contribution in [0, 0.1) is 11.7 Å². The van der Waals surface area contributed by atoms with Gasteiger partial charge in [0, 0.05) is 18.3 Å². The van der Waals surface area contributed by atoms with Gasteiger partial charge in [0.15, 0.2) is 0 Å². The fourth-order valence-electron chi connectivity index (χ4n) is 2.36. The van der Waals surface area contributed by atoms with Gasteiger partial charge in [0.05, 0.1) is 0 Å². The molecule has 1 saturated heterocycles. The van der Waals surface area contributed by atoms with Crippen LogP contribution in [0.15, 0.2) is 24.3 Å². The van der Waals surface area contributed by atoms with Crippen molar-refractivity contribution in [1.29, 1.82) is 0 Å². The Hall–Kier alpha value is -1.09. The van der Waals surface area contributed by atoms with E-state index in [4.69, 9.17) is 0 Å². The van der Waals surface area contributed by atoms with Crippen LogP contribution in [0.5, 0.6) is 0 Å². The molecular weight excluding hydrogens is 203 g/mol. The third-order valence-electron chi connectivity index (χ3n) is 3.29. The summed E-state index contributed by atoms with van der Waals surface area (Å²) in [7, 11) is 2.15. The van der Waals surface area contributed by atoms with Gasteiger partial charge < -0.3 is 10.2 Å². The number of anilines is 1. The Morgan fingerprint density at radius 3 is 2.94 bits per heavy atom. The Kier molecular flexibility index (Phi) is 3.44. The van der Waals surface area contributed by atoms with Crippen LogP contribution in [0.4, 0.5) is 10.1 Å². The zero-order valence-electron chi connectivity index (χ0n) is 9.91. The van der Waals surface area contributed by atoms with E-state index in [0.29, 0.717) is 12.0 Å². The molecule has 1 aromatic carbocycles. The van der Waals surface area contributed by atoms with Crippen LogP contribution in [0.1, 0.15) is 13.3 Å². The topological polar surface area (TPSA) is 15.3 Å². The van der Waals surface area contributed by atoms with E-state index >= 15 is 0 Å². The minimum absolute atomic E-state index is 0.175. The van der Waals surface area contributed by atoms with Gasteiger partial charge >= 0.3 is 0 Å². The fourth-order valence-corrected chi connectivity index (χ4v) is 2.36. The summed E-state index contributed by atoms with van der Waals surface area (Å²) in [6, 6.07) is 7.16. The summed E-state index contributed by atoms with van der Waals surface area (Å²) in [5.41, 5.74) is 0.890. The molecule has 2 atom stereocenters. The lowest BCUT2D eigenvalue weighted by Gasteiger charge is -2.35. The first-order valence-electron chi connectivity index (χ1n) is 5.86. The third kappa shape index (κ3) is 2.73. The first kappa shape index (κ1) is 11.4. The maximum absolute atomic E-state index is 13.0. The van der Waals surface area contributed by atoms with Gasteiger partial charge in [-0.3, -0.25) is 0 Å². The standard InChI is InChI=1S/C13H19FN2/c1-10-9-16(2)7-6-13(10)15-12-5-3-4-11(14)8-12/h3-5,8,10,13,15H,6-7,9H2,1-2H3. The molecule has 1 aliphatic rings. The average molecular weight is 222 g/mol. The van der Waals surface area contributed by atoms with Gasteiger partial charge in [0.25, 0.3) is 0 Å². The van der Waals surface area contributed by atoms with Crippen molar-refractivity contribution < 1.29 is 4.39 Å². The number of halogens is 1. The van der Waals surface area contributed by atoms with E-state index in [1.54, 1.807) is 12.1 Å². The number of nitrogens with one attached hydrogen (secondary N) is 1. The fraction of sp³-hybridized carbons (Fsp3) is 0.538. The molecule has 1 aromatic rings. The molecule has 1 fully saturated rings. The Bertz CT molecular complexity index is 354. The van der Waals surface area contributed by atoms with Gasteiger partial charge in [-0.25, -0.2) is 4.39 Å². The first-order chi connectivity index (χ1) is 7.65. The highest BCUT2D eigenvalue weighted by molar-refractivity contribution is 5.44. The molecule has 0 spiro atoms. The Labute approximate surface area is 96.5 Å². The minimum atomic E-state index is -0.175. The van der Waals surface area contributed by atoms with Gasteiger partial charge in [0.1, 0.15) is 5.82 Å². The number of nitrogens with zero attached hydrogens (tertiary/aromatic N) is 1. The zero-order chi connectivity index (χ0) is 11.5. The van der Waals surface area contributed by atoms with Crippen molar-refractivity contribution in [2.75, 3.05) is 25.5 Å². The SMILES string of the molecule is CC1CN(C)CCC1Nc1cccc(F)c1. The smallest absolute Gasteiger partial charge is 0.125 e. The largest absolute Gasteiger partial charge is 0.382 e. The van der Waals surface area contributed by atoms with E-state index in [0.717, 1.165) is 25.2 Å². The molecular formula is C13H19FN2. The molecule has 0 saturated carbocycles. The molecule has 0 bridgehead atoms. The number of hydrogen-bond acceptors (Lipinski definition) is 2. The summed E-state index contributed by atoms with van der Waals surface area (Å²) in [4.78, 5) is 2.34. The van der Waals surface area contributed by atoms with Crippen molar-refractivity contribution in [3.63, 3.8) is 0 Å². The second kappa shape index (κ2) is 4.83. The molecule has 2 unspecified atom stereocenters. The maximum Gasteiger partial charge on any atom is 0.125 e. The summed E-state index contributed by atoms with van der Waals surface area (Å²) in [5, 5.41) is 3.43. The number of piperidine rings is 1. The Morgan fingerprint density at radius 1 is 1.44 bits per heavy atom. The van der Waals surface area contributed by atoms with Gasteiger partial charge in [-0.2, -0.15) is 0 Å². The van der Waals surface area contributed by atoms with Crippen molar-refractivity contribution in [1.82, 2.24) is 4.90 Å². The highest BCUT2D eigenvalue weighted by atomic mass is 19.1. The molecule has 0 amide bonds. The van der Waals surface area contributed by atoms with Crippen LogP contribution in [-0.2, 0) is 0 Å². The number of likely N-dealkylation sites (tertiary alicyclic amines) is 1. The monoisotopic (exact) mass is 222 g/mol. The molecule has 0 radical (unpaired) electrons. The number of benzene rings is 1. The van der Waals surface area contributed by atoms with E-state index in [1.807, 2.05) is 6.07 Å². The van der Waals surface area contributed by atoms with Crippen LogP contribution < -0.4 is 5.32 Å². The van der Waals surface area contributed by atoms with Gasteiger partial charge in [-0.05, 0) is 44.1 Å². The zero-order valence-corrected chi connectivity index (χ0v) is 9.91. The van der Waals surface area contributed by atoms with Crippen LogP contribution in [0.3, 0.4) is 0 Å². The van der Waals surface area contributed by atoms with Crippen molar-refractivity contribution >= 4 is 5.69 Å². The summed E-state index contributed by atoms with van der Waals surface area (Å²) < 4.78 is 13.0. The number of hydrogen-bond donors (Lipinski definition) is 1. The lowest BCUT2D eigenvalue weighted by molar-refractivity contribution is 0.206. The molecule has 0 aliphatic carbocycles. The van der Waals surface area contributed by atoms with Gasteiger partial charge in [0.2, 0.25) is 0 Å². The molecule has 16 heavy (non-hydrogen) atoms. The molecule has 1 heterocycles. The summed E-state index contributed by atoms with van der Waals surface area (Å²) >= 11 is 0. The molecule has 0 aromatic heterocycles. The lowest BCUT2D eigenvalue weighted by atomic mass is 9.94. The lowest BCUT2D eigenvalue weighted by Crippen LogP contribution is -2.43. The van der Waals surface area contributed by atoms with E-state index in [9.17, 15) is 4.39 Å². The van der Waals surface area contributed by atoms with Crippen molar-refractivity contribution in [2.24, 2.45) is 5.92 Å². The quantitative estimate of drug-likeness (QED) is 0.827. The minimum Gasteiger partial charge on any atom is -0.382 e.